The summed E-state index contributed by atoms with van der Waals surface area (Å²) in [6.45, 7) is 5.75. The molecule has 0 radical (unpaired) electrons. The Hall–Kier alpha value is -1.47. The number of piperidine rings is 1. The Balaban J connectivity index is 1.34. The van der Waals surface area contributed by atoms with Gasteiger partial charge in [-0.25, -0.2) is 0 Å². The number of likely N-dealkylation sites (tertiary alicyclic amines) is 1. The van der Waals surface area contributed by atoms with Gasteiger partial charge in [0.1, 0.15) is 17.8 Å². The molecule has 0 bridgehead atoms. The Morgan fingerprint density at radius 3 is 2.93 bits per heavy atom. The highest BCUT2D eigenvalue weighted by Gasteiger charge is 2.31. The molecule has 4 heterocycles. The van der Waals surface area contributed by atoms with Crippen LogP contribution in [-0.4, -0.2) is 64.1 Å². The predicted octanol–water partition coefficient (Wildman–Crippen LogP) is 2.68. The van der Waals surface area contributed by atoms with Crippen LogP contribution in [0.4, 0.5) is 0 Å². The van der Waals surface area contributed by atoms with E-state index in [1.807, 2.05) is 11.8 Å². The Morgan fingerprint density at radius 1 is 1.14 bits per heavy atom. The zero-order chi connectivity index (χ0) is 19.3. The van der Waals surface area contributed by atoms with Crippen molar-refractivity contribution in [3.05, 3.63) is 11.6 Å². The van der Waals surface area contributed by atoms with E-state index in [9.17, 15) is 4.79 Å². The Kier molecular flexibility index (Phi) is 6.62. The largest absolute Gasteiger partial charge is 0.376 e. The quantitative estimate of drug-likeness (QED) is 0.773. The molecule has 1 aromatic heterocycles. The van der Waals surface area contributed by atoms with E-state index >= 15 is 0 Å². The minimum atomic E-state index is -0.417. The van der Waals surface area contributed by atoms with Crippen molar-refractivity contribution in [3.63, 3.8) is 0 Å². The third kappa shape index (κ3) is 4.57. The number of rotatable bonds is 5. The van der Waals surface area contributed by atoms with E-state index in [4.69, 9.17) is 9.47 Å². The van der Waals surface area contributed by atoms with Crippen molar-refractivity contribution in [3.8, 4) is 0 Å². The maximum Gasteiger partial charge on any atom is 0.251 e. The van der Waals surface area contributed by atoms with E-state index in [-0.39, 0.29) is 17.9 Å². The zero-order valence-corrected chi connectivity index (χ0v) is 17.1. The van der Waals surface area contributed by atoms with Gasteiger partial charge in [0.25, 0.3) is 5.91 Å². The van der Waals surface area contributed by atoms with Crippen LogP contribution in [0.3, 0.4) is 0 Å². The topological polar surface area (TPSA) is 69.5 Å². The molecule has 156 valence electrons. The van der Waals surface area contributed by atoms with Crippen molar-refractivity contribution in [2.75, 3.05) is 26.3 Å². The van der Waals surface area contributed by atoms with Gasteiger partial charge in [0, 0.05) is 38.6 Å². The summed E-state index contributed by atoms with van der Waals surface area (Å²) in [6, 6.07) is 0. The second-order valence-corrected chi connectivity index (χ2v) is 8.52. The number of aryl methyl sites for hydroxylation is 1. The van der Waals surface area contributed by atoms with Gasteiger partial charge in [0.2, 0.25) is 0 Å². The number of carbonyl (C=O) groups excluding carboxylic acids is 1. The van der Waals surface area contributed by atoms with Gasteiger partial charge in [-0.15, -0.1) is 10.2 Å². The number of amides is 1. The molecular formula is C21H34N4O3. The predicted molar refractivity (Wildman–Crippen MR) is 105 cm³/mol. The van der Waals surface area contributed by atoms with E-state index < -0.39 is 6.10 Å². The molecule has 3 aliphatic rings. The fraction of sp³-hybridized carbons (Fsp3) is 0.857. The first-order chi connectivity index (χ1) is 13.7. The van der Waals surface area contributed by atoms with Crippen LogP contribution in [0.15, 0.2) is 0 Å². The van der Waals surface area contributed by atoms with Crippen molar-refractivity contribution in [1.29, 1.82) is 0 Å². The maximum atomic E-state index is 12.9. The van der Waals surface area contributed by atoms with Crippen LogP contribution in [0.1, 0.15) is 75.9 Å². The standard InChI is InChI=1S/C21H34N4O3/c1-16(28-15-18-9-4-6-13-27-18)21(26)24-11-7-8-17(14-24)20-23-22-19-10-3-2-5-12-25(19)20/h16-18H,2-15H2,1H3. The van der Waals surface area contributed by atoms with Crippen LogP contribution < -0.4 is 0 Å². The lowest BCUT2D eigenvalue weighted by Crippen LogP contribution is -2.45. The number of fused-ring (bicyclic) bond motifs is 1. The first-order valence-corrected chi connectivity index (χ1v) is 11.2. The van der Waals surface area contributed by atoms with E-state index in [0.717, 1.165) is 70.0 Å². The highest BCUT2D eigenvalue weighted by molar-refractivity contribution is 5.80. The summed E-state index contributed by atoms with van der Waals surface area (Å²) in [7, 11) is 0. The van der Waals surface area contributed by atoms with Gasteiger partial charge in [0.05, 0.1) is 12.7 Å². The lowest BCUT2D eigenvalue weighted by Gasteiger charge is -2.34. The summed E-state index contributed by atoms with van der Waals surface area (Å²) < 4.78 is 13.9. The summed E-state index contributed by atoms with van der Waals surface area (Å²) in [5, 5.41) is 8.98. The van der Waals surface area contributed by atoms with Gasteiger partial charge in [-0.2, -0.15) is 0 Å². The average Bonchev–Trinajstić information content (AvgIpc) is 3.00. The summed E-state index contributed by atoms with van der Waals surface area (Å²) >= 11 is 0. The number of carbonyl (C=O) groups is 1. The summed E-state index contributed by atoms with van der Waals surface area (Å²) in [5.41, 5.74) is 0. The first-order valence-electron chi connectivity index (χ1n) is 11.2. The monoisotopic (exact) mass is 390 g/mol. The van der Waals surface area contributed by atoms with Gasteiger partial charge in [-0.3, -0.25) is 4.79 Å². The Morgan fingerprint density at radius 2 is 2.07 bits per heavy atom. The van der Waals surface area contributed by atoms with E-state index in [1.165, 1.54) is 25.7 Å². The van der Waals surface area contributed by atoms with Gasteiger partial charge in [-0.05, 0) is 51.9 Å². The minimum Gasteiger partial charge on any atom is -0.376 e. The summed E-state index contributed by atoms with van der Waals surface area (Å²) in [4.78, 5) is 14.9. The van der Waals surface area contributed by atoms with Gasteiger partial charge >= 0.3 is 0 Å². The molecule has 0 aromatic carbocycles. The van der Waals surface area contributed by atoms with Crippen molar-refractivity contribution in [1.82, 2.24) is 19.7 Å². The van der Waals surface area contributed by atoms with Gasteiger partial charge in [-0.1, -0.05) is 6.42 Å². The van der Waals surface area contributed by atoms with Crippen LogP contribution in [-0.2, 0) is 27.2 Å². The van der Waals surface area contributed by atoms with Crippen molar-refractivity contribution >= 4 is 5.91 Å². The number of ether oxygens (including phenoxy) is 2. The fourth-order valence-corrected chi connectivity index (χ4v) is 4.72. The SMILES string of the molecule is CC(OCC1CCCCO1)C(=O)N1CCCC(c2nnc3n2CCCCC3)C1. The van der Waals surface area contributed by atoms with E-state index in [1.54, 1.807) is 0 Å². The molecule has 1 aromatic rings. The lowest BCUT2D eigenvalue weighted by molar-refractivity contribution is -0.147. The number of hydrogen-bond donors (Lipinski definition) is 0. The molecule has 0 spiro atoms. The molecule has 1 amide bonds. The van der Waals surface area contributed by atoms with Gasteiger partial charge < -0.3 is 18.9 Å². The highest BCUT2D eigenvalue weighted by Crippen LogP contribution is 2.28. The highest BCUT2D eigenvalue weighted by atomic mass is 16.5. The molecule has 0 N–H and O–H groups in total. The van der Waals surface area contributed by atoms with Crippen molar-refractivity contribution in [2.24, 2.45) is 0 Å². The van der Waals surface area contributed by atoms with Crippen molar-refractivity contribution in [2.45, 2.75) is 89.4 Å². The molecule has 3 atom stereocenters. The van der Waals surface area contributed by atoms with Crippen LogP contribution >= 0.6 is 0 Å². The van der Waals surface area contributed by atoms with Crippen LogP contribution in [0.2, 0.25) is 0 Å². The van der Waals surface area contributed by atoms with Crippen LogP contribution in [0, 0.1) is 0 Å². The number of hydrogen-bond acceptors (Lipinski definition) is 5. The fourth-order valence-electron chi connectivity index (χ4n) is 4.72. The lowest BCUT2D eigenvalue weighted by atomic mass is 9.96. The Labute approximate surface area is 167 Å². The smallest absolute Gasteiger partial charge is 0.251 e. The van der Waals surface area contributed by atoms with Crippen LogP contribution in [0.25, 0.3) is 0 Å². The third-order valence-corrected chi connectivity index (χ3v) is 6.39. The first kappa shape index (κ1) is 19.8. The number of aromatic nitrogens is 3. The second kappa shape index (κ2) is 9.35. The van der Waals surface area contributed by atoms with Crippen molar-refractivity contribution < 1.29 is 14.3 Å². The molecule has 2 fully saturated rings. The summed E-state index contributed by atoms with van der Waals surface area (Å²) in [5.74, 6) is 2.58. The minimum absolute atomic E-state index is 0.0936. The van der Waals surface area contributed by atoms with E-state index in [2.05, 4.69) is 14.8 Å². The molecule has 3 aliphatic heterocycles. The molecule has 28 heavy (non-hydrogen) atoms. The summed E-state index contributed by atoms with van der Waals surface area (Å²) in [6.07, 6.45) is 9.85. The molecule has 2 saturated heterocycles. The molecule has 4 rings (SSSR count). The average molecular weight is 391 g/mol. The maximum absolute atomic E-state index is 12.9. The third-order valence-electron chi connectivity index (χ3n) is 6.39. The second-order valence-electron chi connectivity index (χ2n) is 8.52. The molecule has 0 saturated carbocycles. The van der Waals surface area contributed by atoms with Gasteiger partial charge in [0.15, 0.2) is 0 Å². The molecular weight excluding hydrogens is 356 g/mol. The van der Waals surface area contributed by atoms with Crippen LogP contribution in [0.5, 0.6) is 0 Å². The van der Waals surface area contributed by atoms with E-state index in [0.29, 0.717) is 6.61 Å². The molecule has 3 unspecified atom stereocenters. The molecule has 7 nitrogen and oxygen atoms in total. The Bertz CT molecular complexity index is 656. The molecule has 7 heteroatoms. The molecule has 0 aliphatic carbocycles. The number of nitrogens with zero attached hydrogens (tertiary/aromatic N) is 4. The normalized spacial score (nSPS) is 27.1. The zero-order valence-electron chi connectivity index (χ0n) is 17.1.